The molecule has 1 N–H and O–H groups in total. The molecule has 2 amide bonds. The Bertz CT molecular complexity index is 1650. The second-order valence-corrected chi connectivity index (χ2v) is 10.00. The van der Waals surface area contributed by atoms with Gasteiger partial charge in [-0.2, -0.15) is 0 Å². The number of rotatable bonds is 5. The Morgan fingerprint density at radius 3 is 2.72 bits per heavy atom. The number of benzene rings is 1. The Kier molecular flexibility index (Phi) is 5.96. The maximum atomic E-state index is 12.7. The molecule has 186 valence electrons. The van der Waals surface area contributed by atoms with Crippen LogP contribution in [0.25, 0.3) is 11.2 Å². The fraction of sp³-hybridized carbons (Fsp3) is 0.318. The average molecular weight is 529 g/mol. The van der Waals surface area contributed by atoms with Crippen LogP contribution in [0, 0.1) is 6.92 Å². The predicted molar refractivity (Wildman–Crippen MR) is 135 cm³/mol. The number of hydrogen-bond acceptors (Lipinski definition) is 8. The zero-order chi connectivity index (χ0) is 25.7. The number of amides is 2. The number of imidazole rings is 1. The number of fused-ring (bicyclic) bond motifs is 1. The van der Waals surface area contributed by atoms with Crippen LogP contribution < -0.4 is 21.5 Å². The second-order valence-electron chi connectivity index (χ2n) is 8.58. The van der Waals surface area contributed by atoms with Crippen LogP contribution in [0.2, 0.25) is 5.02 Å². The maximum Gasteiger partial charge on any atom is 0.332 e. The van der Waals surface area contributed by atoms with E-state index in [1.807, 2.05) is 19.1 Å². The second kappa shape index (κ2) is 8.99. The molecule has 1 aliphatic heterocycles. The van der Waals surface area contributed by atoms with Crippen LogP contribution in [0.5, 0.6) is 0 Å². The normalized spacial score (nSPS) is 15.7. The predicted octanol–water partition coefficient (Wildman–Crippen LogP) is 1.41. The van der Waals surface area contributed by atoms with E-state index >= 15 is 0 Å². The Hall–Kier alpha value is -3.84. The van der Waals surface area contributed by atoms with Crippen molar-refractivity contribution < 1.29 is 9.59 Å². The molecule has 12 nitrogen and oxygen atoms in total. The number of hydrogen-bond donors (Lipinski definition) is 1. The number of nitrogens with one attached hydrogen (secondary N) is 1. The van der Waals surface area contributed by atoms with Crippen LogP contribution >= 0.6 is 22.9 Å². The van der Waals surface area contributed by atoms with E-state index < -0.39 is 17.2 Å². The number of nitrogens with zero attached hydrogens (tertiary/aromatic N) is 7. The van der Waals surface area contributed by atoms with E-state index in [0.717, 1.165) is 15.8 Å². The average Bonchev–Trinajstić information content (AvgIpc) is 3.57. The summed E-state index contributed by atoms with van der Waals surface area (Å²) in [5.74, 6) is -0.641. The van der Waals surface area contributed by atoms with E-state index in [2.05, 4.69) is 20.5 Å². The fourth-order valence-electron chi connectivity index (χ4n) is 4.15. The highest BCUT2D eigenvalue weighted by atomic mass is 35.5. The van der Waals surface area contributed by atoms with E-state index in [1.54, 1.807) is 11.0 Å². The molecule has 4 aromatic rings. The number of carbonyl (C=O) groups is 2. The molecule has 5 rings (SSSR count). The van der Waals surface area contributed by atoms with Gasteiger partial charge in [-0.1, -0.05) is 29.0 Å². The molecule has 0 bridgehead atoms. The van der Waals surface area contributed by atoms with E-state index in [9.17, 15) is 19.2 Å². The summed E-state index contributed by atoms with van der Waals surface area (Å²) < 4.78 is 3.60. The van der Waals surface area contributed by atoms with Crippen molar-refractivity contribution in [1.29, 1.82) is 0 Å². The zero-order valence-electron chi connectivity index (χ0n) is 19.6. The third kappa shape index (κ3) is 4.09. The molecule has 1 aromatic carbocycles. The third-order valence-corrected chi connectivity index (χ3v) is 7.57. The fourth-order valence-corrected chi connectivity index (χ4v) is 5.18. The molecule has 3 aromatic heterocycles. The number of halogens is 1. The molecule has 1 unspecified atom stereocenters. The number of aromatic nitrogens is 6. The van der Waals surface area contributed by atoms with Crippen molar-refractivity contribution in [3.63, 3.8) is 0 Å². The molecule has 36 heavy (non-hydrogen) atoms. The highest BCUT2D eigenvalue weighted by Crippen LogP contribution is 2.35. The summed E-state index contributed by atoms with van der Waals surface area (Å²) in [5, 5.41) is 12.4. The lowest BCUT2D eigenvalue weighted by Gasteiger charge is -2.17. The first-order valence-electron chi connectivity index (χ1n) is 10.9. The van der Waals surface area contributed by atoms with Gasteiger partial charge < -0.3 is 9.47 Å². The zero-order valence-corrected chi connectivity index (χ0v) is 21.1. The molecule has 1 fully saturated rings. The summed E-state index contributed by atoms with van der Waals surface area (Å²) in [5.41, 5.74) is 0.960. The standard InChI is InChI=1S/C22H21ClN8O4S/c1-11-4-5-13(7-14(11)23)31-8-12(6-16(31)33)19-26-27-21(36-19)25-15(32)9-30-10-24-18-17(30)20(34)29(3)22(35)28(18)2/h4-5,7,10,12H,6,8-9H2,1-3H3,(H,25,27,32). The van der Waals surface area contributed by atoms with Gasteiger partial charge in [0.1, 0.15) is 11.6 Å². The summed E-state index contributed by atoms with van der Waals surface area (Å²) in [6.07, 6.45) is 1.61. The monoisotopic (exact) mass is 528 g/mol. The molecular weight excluding hydrogens is 508 g/mol. The van der Waals surface area contributed by atoms with Gasteiger partial charge in [-0.3, -0.25) is 28.8 Å². The van der Waals surface area contributed by atoms with Crippen molar-refractivity contribution in [3.05, 3.63) is 61.0 Å². The van der Waals surface area contributed by atoms with Crippen LogP contribution in [0.15, 0.2) is 34.1 Å². The van der Waals surface area contributed by atoms with E-state index in [4.69, 9.17) is 11.6 Å². The number of aryl methyl sites for hydroxylation is 2. The van der Waals surface area contributed by atoms with Crippen molar-refractivity contribution in [2.45, 2.75) is 25.8 Å². The molecule has 14 heteroatoms. The van der Waals surface area contributed by atoms with Crippen molar-refractivity contribution >= 4 is 56.7 Å². The first kappa shape index (κ1) is 23.9. The van der Waals surface area contributed by atoms with Crippen molar-refractivity contribution in [1.82, 2.24) is 28.9 Å². The molecule has 1 atom stereocenters. The maximum absolute atomic E-state index is 12.7. The molecule has 1 aliphatic rings. The van der Waals surface area contributed by atoms with E-state index in [1.165, 1.54) is 40.9 Å². The Balaban J connectivity index is 1.29. The largest absolute Gasteiger partial charge is 0.332 e. The van der Waals surface area contributed by atoms with Gasteiger partial charge in [0.25, 0.3) is 5.56 Å². The third-order valence-electron chi connectivity index (χ3n) is 6.16. The van der Waals surface area contributed by atoms with Gasteiger partial charge in [0.05, 0.1) is 6.33 Å². The van der Waals surface area contributed by atoms with Gasteiger partial charge in [0.2, 0.25) is 16.9 Å². The van der Waals surface area contributed by atoms with Crippen LogP contribution in [0.1, 0.15) is 22.9 Å². The quantitative estimate of drug-likeness (QED) is 0.413. The molecule has 0 radical (unpaired) electrons. The van der Waals surface area contributed by atoms with Gasteiger partial charge in [-0.25, -0.2) is 9.78 Å². The Labute approximate surface area is 212 Å². The molecule has 4 heterocycles. The van der Waals surface area contributed by atoms with Crippen LogP contribution in [-0.2, 0) is 30.2 Å². The summed E-state index contributed by atoms with van der Waals surface area (Å²) in [6.45, 7) is 2.13. The minimum absolute atomic E-state index is 0.0383. The summed E-state index contributed by atoms with van der Waals surface area (Å²) in [7, 11) is 2.87. The lowest BCUT2D eigenvalue weighted by Crippen LogP contribution is -2.37. The first-order chi connectivity index (χ1) is 17.1. The molecule has 1 saturated heterocycles. The number of carbonyl (C=O) groups excluding carboxylic acids is 2. The Morgan fingerprint density at radius 1 is 1.19 bits per heavy atom. The lowest BCUT2D eigenvalue weighted by atomic mass is 10.1. The van der Waals surface area contributed by atoms with Gasteiger partial charge in [-0.05, 0) is 24.6 Å². The van der Waals surface area contributed by atoms with E-state index in [0.29, 0.717) is 16.6 Å². The minimum atomic E-state index is -0.540. The van der Waals surface area contributed by atoms with Crippen molar-refractivity contribution in [2.24, 2.45) is 14.1 Å². The highest BCUT2D eigenvalue weighted by Gasteiger charge is 2.34. The minimum Gasteiger partial charge on any atom is -0.315 e. The summed E-state index contributed by atoms with van der Waals surface area (Å²) in [6, 6.07) is 5.50. The SMILES string of the molecule is Cc1ccc(N2CC(c3nnc(NC(=O)Cn4cnc5c4c(=O)n(C)c(=O)n5C)s3)CC2=O)cc1Cl. The topological polar surface area (TPSA) is 137 Å². The van der Waals surface area contributed by atoms with Gasteiger partial charge in [0, 0.05) is 43.7 Å². The van der Waals surface area contributed by atoms with Gasteiger partial charge in [0.15, 0.2) is 11.2 Å². The molecule has 0 spiro atoms. The molecular formula is C22H21ClN8O4S. The van der Waals surface area contributed by atoms with Crippen molar-refractivity contribution in [3.8, 4) is 0 Å². The molecule has 0 aliphatic carbocycles. The van der Waals surface area contributed by atoms with Crippen LogP contribution in [0.4, 0.5) is 10.8 Å². The lowest BCUT2D eigenvalue weighted by molar-refractivity contribution is -0.117. The molecule has 0 saturated carbocycles. The summed E-state index contributed by atoms with van der Waals surface area (Å²) in [4.78, 5) is 55.7. The van der Waals surface area contributed by atoms with Crippen LogP contribution in [0.3, 0.4) is 0 Å². The highest BCUT2D eigenvalue weighted by molar-refractivity contribution is 7.15. The van der Waals surface area contributed by atoms with E-state index in [-0.39, 0.29) is 41.1 Å². The van der Waals surface area contributed by atoms with Gasteiger partial charge in [-0.15, -0.1) is 10.2 Å². The van der Waals surface area contributed by atoms with Gasteiger partial charge >= 0.3 is 5.69 Å². The van der Waals surface area contributed by atoms with Crippen LogP contribution in [-0.4, -0.2) is 47.2 Å². The first-order valence-corrected chi connectivity index (χ1v) is 12.1. The van der Waals surface area contributed by atoms with Crippen molar-refractivity contribution in [2.75, 3.05) is 16.8 Å². The smallest absolute Gasteiger partial charge is 0.315 e. The Morgan fingerprint density at radius 2 is 1.97 bits per heavy atom. The number of anilines is 2. The summed E-state index contributed by atoms with van der Waals surface area (Å²) >= 11 is 7.42.